The van der Waals surface area contributed by atoms with E-state index in [9.17, 15) is 9.59 Å². The molecule has 0 aliphatic carbocycles. The maximum Gasteiger partial charge on any atom is 0.254 e. The molecule has 0 spiro atoms. The van der Waals surface area contributed by atoms with Crippen molar-refractivity contribution in [2.75, 3.05) is 32.2 Å². The fraction of sp³-hybridized carbons (Fsp3) is 0.267. The molecule has 1 aromatic heterocycles. The number of anilines is 1. The van der Waals surface area contributed by atoms with Gasteiger partial charge in [0, 0.05) is 54.6 Å². The Morgan fingerprint density at radius 3 is 2.46 bits per heavy atom. The van der Waals surface area contributed by atoms with E-state index in [2.05, 4.69) is 5.32 Å². The van der Waals surface area contributed by atoms with Gasteiger partial charge in [0.15, 0.2) is 0 Å². The van der Waals surface area contributed by atoms with E-state index in [-0.39, 0.29) is 11.8 Å². The van der Waals surface area contributed by atoms with Gasteiger partial charge in [-0.2, -0.15) is 0 Å². The number of hydrogen-bond donors (Lipinski definition) is 1. The summed E-state index contributed by atoms with van der Waals surface area (Å²) in [4.78, 5) is 29.7. The highest BCUT2D eigenvalue weighted by Gasteiger charge is 2.45. The molecule has 4 aromatic rings. The zero-order valence-electron chi connectivity index (χ0n) is 21.3. The van der Waals surface area contributed by atoms with Gasteiger partial charge in [0.2, 0.25) is 5.91 Å². The zero-order valence-corrected chi connectivity index (χ0v) is 21.3. The van der Waals surface area contributed by atoms with Crippen LogP contribution in [0, 0.1) is 0 Å². The third-order valence-corrected chi connectivity index (χ3v) is 6.94. The highest BCUT2D eigenvalue weighted by Crippen LogP contribution is 2.45. The first-order valence-corrected chi connectivity index (χ1v) is 12.5. The lowest BCUT2D eigenvalue weighted by Gasteiger charge is -2.41. The summed E-state index contributed by atoms with van der Waals surface area (Å²) >= 11 is 0. The lowest BCUT2D eigenvalue weighted by atomic mass is 9.79. The fourth-order valence-electron chi connectivity index (χ4n) is 5.29. The standard InChI is InChI=1S/C30H31N3O4/c1-4-37-21-15-13-20(14-16-21)31-29(34)27-23-10-5-6-11-24(23)30(35)33(17-18-36-3)28(27)25-19-32(2)26-12-8-7-9-22(25)26/h5-16,19,27-28H,4,17-18H2,1-3H3,(H,31,34)/t27-,28+/m1/s1. The number of methoxy groups -OCH3 is 1. The summed E-state index contributed by atoms with van der Waals surface area (Å²) in [5.74, 6) is -0.156. The van der Waals surface area contributed by atoms with E-state index in [1.54, 1.807) is 18.1 Å². The molecule has 3 aromatic carbocycles. The number of aryl methyl sites for hydroxylation is 1. The number of rotatable bonds is 8. The van der Waals surface area contributed by atoms with Gasteiger partial charge in [-0.15, -0.1) is 0 Å². The molecule has 1 aliphatic rings. The summed E-state index contributed by atoms with van der Waals surface area (Å²) in [5, 5.41) is 4.11. The third-order valence-electron chi connectivity index (χ3n) is 6.94. The molecule has 1 N–H and O–H groups in total. The number of benzene rings is 3. The van der Waals surface area contributed by atoms with Crippen LogP contribution in [0.1, 0.15) is 40.4 Å². The molecule has 1 aliphatic heterocycles. The van der Waals surface area contributed by atoms with Gasteiger partial charge in [-0.05, 0) is 48.9 Å². The van der Waals surface area contributed by atoms with Gasteiger partial charge in [-0.3, -0.25) is 9.59 Å². The van der Waals surface area contributed by atoms with E-state index in [0.717, 1.165) is 27.8 Å². The van der Waals surface area contributed by atoms with Crippen LogP contribution in [0.25, 0.3) is 10.9 Å². The van der Waals surface area contributed by atoms with Gasteiger partial charge >= 0.3 is 0 Å². The highest BCUT2D eigenvalue weighted by molar-refractivity contribution is 6.05. The normalized spacial score (nSPS) is 17.1. The quantitative estimate of drug-likeness (QED) is 0.366. The third kappa shape index (κ3) is 4.58. The minimum Gasteiger partial charge on any atom is -0.494 e. The van der Waals surface area contributed by atoms with Crippen LogP contribution in [-0.2, 0) is 16.6 Å². The number of carbonyl (C=O) groups is 2. The Kier molecular flexibility index (Phi) is 6.97. The van der Waals surface area contributed by atoms with Gasteiger partial charge in [0.25, 0.3) is 5.91 Å². The van der Waals surface area contributed by atoms with E-state index >= 15 is 0 Å². The van der Waals surface area contributed by atoms with Crippen LogP contribution in [0.3, 0.4) is 0 Å². The maximum absolute atomic E-state index is 14.1. The van der Waals surface area contributed by atoms with Crippen molar-refractivity contribution < 1.29 is 19.1 Å². The van der Waals surface area contributed by atoms with E-state index < -0.39 is 12.0 Å². The van der Waals surface area contributed by atoms with E-state index in [0.29, 0.717) is 31.0 Å². The first-order chi connectivity index (χ1) is 18.0. The maximum atomic E-state index is 14.1. The summed E-state index contributed by atoms with van der Waals surface area (Å²) in [5.41, 5.74) is 3.91. The fourth-order valence-corrected chi connectivity index (χ4v) is 5.29. The number of carbonyl (C=O) groups excluding carboxylic acids is 2. The van der Waals surface area contributed by atoms with Crippen molar-refractivity contribution in [1.82, 2.24) is 9.47 Å². The molecule has 0 radical (unpaired) electrons. The van der Waals surface area contributed by atoms with Gasteiger partial charge in [-0.25, -0.2) is 0 Å². The smallest absolute Gasteiger partial charge is 0.254 e. The molecular formula is C30H31N3O4. The number of ether oxygens (including phenoxy) is 2. The monoisotopic (exact) mass is 497 g/mol. The molecule has 5 rings (SSSR count). The summed E-state index contributed by atoms with van der Waals surface area (Å²) in [7, 11) is 3.60. The van der Waals surface area contributed by atoms with Gasteiger partial charge < -0.3 is 24.3 Å². The molecule has 2 amide bonds. The molecule has 2 heterocycles. The van der Waals surface area contributed by atoms with Gasteiger partial charge in [-0.1, -0.05) is 36.4 Å². The Balaban J connectivity index is 1.63. The second kappa shape index (κ2) is 10.5. The molecule has 0 fully saturated rings. The first kappa shape index (κ1) is 24.6. The Morgan fingerprint density at radius 1 is 0.973 bits per heavy atom. The Hall–Kier alpha value is -4.10. The topological polar surface area (TPSA) is 72.8 Å². The van der Waals surface area contributed by atoms with Gasteiger partial charge in [0.1, 0.15) is 5.75 Å². The molecule has 7 nitrogen and oxygen atoms in total. The largest absolute Gasteiger partial charge is 0.494 e. The molecule has 0 saturated heterocycles. The second-order valence-electron chi connectivity index (χ2n) is 9.16. The van der Waals surface area contributed by atoms with Crippen molar-refractivity contribution >= 4 is 28.4 Å². The number of para-hydroxylation sites is 1. The zero-order chi connectivity index (χ0) is 25.9. The lowest BCUT2D eigenvalue weighted by Crippen LogP contribution is -2.47. The summed E-state index contributed by atoms with van der Waals surface area (Å²) in [6.07, 6.45) is 2.04. The minimum atomic E-state index is -0.622. The summed E-state index contributed by atoms with van der Waals surface area (Å²) in [6, 6.07) is 22.3. The number of hydrogen-bond acceptors (Lipinski definition) is 4. The van der Waals surface area contributed by atoms with E-state index in [4.69, 9.17) is 9.47 Å². The number of nitrogens with zero attached hydrogens (tertiary/aromatic N) is 2. The van der Waals surface area contributed by atoms with Crippen molar-refractivity contribution in [2.45, 2.75) is 18.9 Å². The minimum absolute atomic E-state index is 0.101. The Morgan fingerprint density at radius 2 is 1.70 bits per heavy atom. The summed E-state index contributed by atoms with van der Waals surface area (Å²) < 4.78 is 13.0. The predicted molar refractivity (Wildman–Crippen MR) is 144 cm³/mol. The number of fused-ring (bicyclic) bond motifs is 2. The molecule has 0 unspecified atom stereocenters. The molecule has 0 bridgehead atoms. The van der Waals surface area contributed by atoms with Crippen LogP contribution < -0.4 is 10.1 Å². The van der Waals surface area contributed by atoms with Crippen LogP contribution in [0.15, 0.2) is 79.0 Å². The van der Waals surface area contributed by atoms with Crippen molar-refractivity contribution in [3.8, 4) is 5.75 Å². The van der Waals surface area contributed by atoms with Gasteiger partial charge in [0.05, 0.1) is 25.2 Å². The Labute approximate surface area is 216 Å². The van der Waals surface area contributed by atoms with Crippen LogP contribution >= 0.6 is 0 Å². The average Bonchev–Trinajstić information content (AvgIpc) is 3.25. The van der Waals surface area contributed by atoms with Crippen LogP contribution in [0.5, 0.6) is 5.75 Å². The number of aromatic nitrogens is 1. The second-order valence-corrected chi connectivity index (χ2v) is 9.16. The van der Waals surface area contributed by atoms with Crippen molar-refractivity contribution in [2.24, 2.45) is 7.05 Å². The molecule has 2 atom stereocenters. The highest BCUT2D eigenvalue weighted by atomic mass is 16.5. The van der Waals surface area contributed by atoms with Crippen molar-refractivity contribution in [3.05, 3.63) is 95.7 Å². The van der Waals surface area contributed by atoms with Crippen molar-refractivity contribution in [3.63, 3.8) is 0 Å². The number of amides is 2. The lowest BCUT2D eigenvalue weighted by molar-refractivity contribution is -0.119. The molecule has 7 heteroatoms. The van der Waals surface area contributed by atoms with Crippen LogP contribution in [0.2, 0.25) is 0 Å². The number of nitrogens with one attached hydrogen (secondary N) is 1. The van der Waals surface area contributed by atoms with E-state index in [1.807, 2.05) is 91.5 Å². The molecule has 0 saturated carbocycles. The Bertz CT molecular complexity index is 1430. The van der Waals surface area contributed by atoms with E-state index in [1.165, 1.54) is 0 Å². The molecule has 37 heavy (non-hydrogen) atoms. The van der Waals surface area contributed by atoms with Crippen LogP contribution in [0.4, 0.5) is 5.69 Å². The predicted octanol–water partition coefficient (Wildman–Crippen LogP) is 5.14. The molecule has 190 valence electrons. The van der Waals surface area contributed by atoms with Crippen LogP contribution in [-0.4, -0.2) is 48.1 Å². The first-order valence-electron chi connectivity index (χ1n) is 12.5. The van der Waals surface area contributed by atoms with Crippen molar-refractivity contribution in [1.29, 1.82) is 0 Å². The average molecular weight is 498 g/mol. The summed E-state index contributed by atoms with van der Waals surface area (Å²) in [6.45, 7) is 3.23. The SMILES string of the molecule is CCOc1ccc(NC(=O)[C@@H]2c3ccccc3C(=O)N(CCOC)[C@H]2c2cn(C)c3ccccc23)cc1. The molecular weight excluding hydrogens is 466 g/mol.